The van der Waals surface area contributed by atoms with Crippen LogP contribution >= 0.6 is 0 Å². The predicted molar refractivity (Wildman–Crippen MR) is 86.9 cm³/mol. The van der Waals surface area contributed by atoms with Crippen molar-refractivity contribution in [2.45, 2.75) is 62.9 Å². The first-order chi connectivity index (χ1) is 10.8. The Balaban J connectivity index is 1.58. The Hall–Kier alpha value is -0.650. The van der Waals surface area contributed by atoms with Crippen LogP contribution in [0.15, 0.2) is 0 Å². The highest BCUT2D eigenvalue weighted by Gasteiger charge is 2.39. The molecule has 2 aliphatic heterocycles. The van der Waals surface area contributed by atoms with E-state index < -0.39 is 0 Å². The van der Waals surface area contributed by atoms with Crippen LogP contribution in [0.4, 0.5) is 0 Å². The van der Waals surface area contributed by atoms with Gasteiger partial charge in [-0.15, -0.1) is 0 Å². The van der Waals surface area contributed by atoms with Crippen molar-refractivity contribution in [3.05, 3.63) is 0 Å². The fraction of sp³-hybridized carbons (Fsp3) is 0.941. The zero-order valence-corrected chi connectivity index (χ0v) is 13.7. The summed E-state index contributed by atoms with van der Waals surface area (Å²) in [6.45, 7) is 5.48. The summed E-state index contributed by atoms with van der Waals surface area (Å²) in [7, 11) is 0. The number of rotatable bonds is 4. The van der Waals surface area contributed by atoms with Gasteiger partial charge in [0.25, 0.3) is 0 Å². The fourth-order valence-corrected chi connectivity index (χ4v) is 4.30. The van der Waals surface area contributed by atoms with Crippen LogP contribution in [-0.4, -0.2) is 61.8 Å². The number of hydrogen-bond donors (Lipinski definition) is 2. The maximum Gasteiger partial charge on any atom is 0.237 e. The van der Waals surface area contributed by atoms with E-state index in [0.29, 0.717) is 0 Å². The van der Waals surface area contributed by atoms with E-state index in [-0.39, 0.29) is 17.5 Å². The lowest BCUT2D eigenvalue weighted by molar-refractivity contribution is -0.125. The first-order valence-corrected chi connectivity index (χ1v) is 9.14. The second-order valence-corrected chi connectivity index (χ2v) is 7.10. The minimum Gasteiger partial charge on any atom is -0.379 e. The molecule has 0 aromatic heterocycles. The van der Waals surface area contributed by atoms with E-state index in [2.05, 4.69) is 15.5 Å². The molecule has 2 saturated heterocycles. The quantitative estimate of drug-likeness (QED) is 0.821. The first kappa shape index (κ1) is 16.2. The Kier molecular flexibility index (Phi) is 5.71. The number of nitrogens with zero attached hydrogens (tertiary/aromatic N) is 1. The van der Waals surface area contributed by atoms with Gasteiger partial charge in [0.05, 0.1) is 19.3 Å². The van der Waals surface area contributed by atoms with Crippen molar-refractivity contribution >= 4 is 5.91 Å². The molecule has 2 N–H and O–H groups in total. The summed E-state index contributed by atoms with van der Waals surface area (Å²) in [5.41, 5.74) is 0.173. The summed E-state index contributed by atoms with van der Waals surface area (Å²) in [4.78, 5) is 15.0. The maximum atomic E-state index is 12.4. The zero-order valence-electron chi connectivity index (χ0n) is 13.7. The molecule has 3 fully saturated rings. The van der Waals surface area contributed by atoms with Gasteiger partial charge < -0.3 is 15.4 Å². The van der Waals surface area contributed by atoms with Gasteiger partial charge in [-0.05, 0) is 32.2 Å². The van der Waals surface area contributed by atoms with Gasteiger partial charge >= 0.3 is 0 Å². The number of nitrogens with one attached hydrogen (secondary N) is 2. The molecule has 0 radical (unpaired) electrons. The van der Waals surface area contributed by atoms with Crippen molar-refractivity contribution in [1.29, 1.82) is 0 Å². The number of ether oxygens (including phenoxy) is 1. The van der Waals surface area contributed by atoms with Gasteiger partial charge in [-0.1, -0.05) is 25.7 Å². The molecule has 126 valence electrons. The van der Waals surface area contributed by atoms with Gasteiger partial charge in [0.15, 0.2) is 0 Å². The average molecular weight is 309 g/mol. The third kappa shape index (κ3) is 3.81. The Morgan fingerprint density at radius 3 is 2.59 bits per heavy atom. The lowest BCUT2D eigenvalue weighted by Crippen LogP contribution is -2.61. The normalized spacial score (nSPS) is 29.9. The second-order valence-electron chi connectivity index (χ2n) is 7.10. The van der Waals surface area contributed by atoms with Crippen LogP contribution in [0.1, 0.15) is 51.4 Å². The summed E-state index contributed by atoms with van der Waals surface area (Å²) in [5, 5.41) is 6.63. The molecule has 3 rings (SSSR count). The van der Waals surface area contributed by atoms with Crippen LogP contribution < -0.4 is 10.6 Å². The Labute approximate surface area is 134 Å². The van der Waals surface area contributed by atoms with Crippen LogP contribution in [0.25, 0.3) is 0 Å². The maximum absolute atomic E-state index is 12.4. The van der Waals surface area contributed by atoms with Crippen molar-refractivity contribution in [3.63, 3.8) is 0 Å². The van der Waals surface area contributed by atoms with Gasteiger partial charge in [0.1, 0.15) is 0 Å². The monoisotopic (exact) mass is 309 g/mol. The van der Waals surface area contributed by atoms with Crippen LogP contribution in [0.5, 0.6) is 0 Å². The van der Waals surface area contributed by atoms with Crippen LogP contribution in [0.2, 0.25) is 0 Å². The highest BCUT2D eigenvalue weighted by molar-refractivity contribution is 5.81. The molecule has 0 aromatic carbocycles. The third-order valence-corrected chi connectivity index (χ3v) is 5.68. The lowest BCUT2D eigenvalue weighted by atomic mass is 9.79. The van der Waals surface area contributed by atoms with Crippen LogP contribution in [0.3, 0.4) is 0 Å². The number of hydrogen-bond acceptors (Lipinski definition) is 4. The number of carbonyl (C=O) groups is 1. The molecule has 5 heteroatoms. The Bertz CT molecular complexity index is 357. The van der Waals surface area contributed by atoms with E-state index in [1.54, 1.807) is 0 Å². The highest BCUT2D eigenvalue weighted by Crippen LogP contribution is 2.33. The number of carbonyl (C=O) groups excluding carboxylic acids is 1. The Morgan fingerprint density at radius 1 is 1.14 bits per heavy atom. The molecule has 1 aliphatic carbocycles. The molecule has 0 bridgehead atoms. The smallest absolute Gasteiger partial charge is 0.237 e. The molecule has 0 aromatic rings. The summed E-state index contributed by atoms with van der Waals surface area (Å²) in [6.07, 6.45) is 9.68. The number of morpholine rings is 1. The average Bonchev–Trinajstić information content (AvgIpc) is 2.62. The second kappa shape index (κ2) is 7.75. The van der Waals surface area contributed by atoms with Gasteiger partial charge in [-0.2, -0.15) is 0 Å². The van der Waals surface area contributed by atoms with Gasteiger partial charge in [-0.25, -0.2) is 0 Å². The largest absolute Gasteiger partial charge is 0.379 e. The lowest BCUT2D eigenvalue weighted by Gasteiger charge is -2.48. The zero-order chi connectivity index (χ0) is 15.3. The molecule has 1 unspecified atom stereocenters. The van der Waals surface area contributed by atoms with Crippen molar-refractivity contribution in [2.75, 3.05) is 39.4 Å². The summed E-state index contributed by atoms with van der Waals surface area (Å²) in [5.74, 6) is 0.206. The minimum atomic E-state index is 0.0269. The minimum absolute atomic E-state index is 0.0269. The van der Waals surface area contributed by atoms with E-state index in [1.807, 2.05) is 0 Å². The van der Waals surface area contributed by atoms with Gasteiger partial charge in [-0.3, -0.25) is 9.69 Å². The highest BCUT2D eigenvalue weighted by atomic mass is 16.5. The number of piperidine rings is 1. The van der Waals surface area contributed by atoms with Gasteiger partial charge in [0.2, 0.25) is 5.91 Å². The molecule has 1 amide bonds. The van der Waals surface area contributed by atoms with Crippen molar-refractivity contribution in [2.24, 2.45) is 0 Å². The van der Waals surface area contributed by atoms with E-state index in [0.717, 1.165) is 45.8 Å². The summed E-state index contributed by atoms with van der Waals surface area (Å²) >= 11 is 0. The molecular weight excluding hydrogens is 278 g/mol. The molecule has 2 heterocycles. The molecule has 3 aliphatic rings. The molecule has 1 atom stereocenters. The van der Waals surface area contributed by atoms with Crippen molar-refractivity contribution in [1.82, 2.24) is 15.5 Å². The Morgan fingerprint density at radius 2 is 1.91 bits per heavy atom. The molecule has 22 heavy (non-hydrogen) atoms. The summed E-state index contributed by atoms with van der Waals surface area (Å²) < 4.78 is 5.52. The molecule has 5 nitrogen and oxygen atoms in total. The van der Waals surface area contributed by atoms with E-state index in [1.165, 1.54) is 44.9 Å². The van der Waals surface area contributed by atoms with E-state index in [4.69, 9.17) is 4.74 Å². The molecule has 1 saturated carbocycles. The fourth-order valence-electron chi connectivity index (χ4n) is 4.30. The molecular formula is C17H31N3O2. The van der Waals surface area contributed by atoms with Crippen LogP contribution in [0, 0.1) is 0 Å². The van der Waals surface area contributed by atoms with Crippen LogP contribution in [-0.2, 0) is 9.53 Å². The van der Waals surface area contributed by atoms with Crippen molar-refractivity contribution < 1.29 is 9.53 Å². The topological polar surface area (TPSA) is 53.6 Å². The predicted octanol–water partition coefficient (Wildman–Crippen LogP) is 1.28. The van der Waals surface area contributed by atoms with E-state index >= 15 is 0 Å². The first-order valence-electron chi connectivity index (χ1n) is 9.14. The van der Waals surface area contributed by atoms with E-state index in [9.17, 15) is 4.79 Å². The number of amides is 1. The summed E-state index contributed by atoms with van der Waals surface area (Å²) in [6, 6.07) is 0.0269. The SMILES string of the molecule is O=C(NCC1(N2CCOCC2)CCCCC1)C1CCCCN1. The van der Waals surface area contributed by atoms with Crippen molar-refractivity contribution in [3.8, 4) is 0 Å². The van der Waals surface area contributed by atoms with Gasteiger partial charge in [0, 0.05) is 25.2 Å². The standard InChI is InChI=1S/C17H31N3O2/c21-16(15-6-2-5-9-18-15)19-14-17(7-3-1-4-8-17)20-10-12-22-13-11-20/h15,18H,1-14H2,(H,19,21). The molecule has 0 spiro atoms. The third-order valence-electron chi connectivity index (χ3n) is 5.68.